The molecular weight excluding hydrogens is 658 g/mol. The van der Waals surface area contributed by atoms with Gasteiger partial charge in [-0.25, -0.2) is 18.1 Å². The molecule has 9 nitrogen and oxygen atoms in total. The summed E-state index contributed by atoms with van der Waals surface area (Å²) in [5.74, 6) is 0.562. The number of allylic oxidation sites excluding steroid dienone is 1. The molecule has 6 atom stereocenters. The van der Waals surface area contributed by atoms with Crippen molar-refractivity contribution in [2.75, 3.05) is 31.7 Å². The van der Waals surface area contributed by atoms with Crippen LogP contribution in [-0.4, -0.2) is 62.6 Å². The van der Waals surface area contributed by atoms with Gasteiger partial charge in [-0.15, -0.1) is 11.3 Å². The third-order valence-corrected chi connectivity index (χ3v) is 13.4. The van der Waals surface area contributed by atoms with Crippen molar-refractivity contribution >= 4 is 44.6 Å². The van der Waals surface area contributed by atoms with E-state index in [0.29, 0.717) is 31.2 Å². The molecule has 2 N–H and O–H groups in total. The summed E-state index contributed by atoms with van der Waals surface area (Å²) < 4.78 is 42.3. The highest BCUT2D eigenvalue weighted by atomic mass is 35.5. The fourth-order valence-corrected chi connectivity index (χ4v) is 10.4. The Balaban J connectivity index is 1.29. The summed E-state index contributed by atoms with van der Waals surface area (Å²) in [6, 6.07) is 11.3. The monoisotopic (exact) mass is 697 g/mol. The second-order valence-electron chi connectivity index (χ2n) is 13.3. The van der Waals surface area contributed by atoms with Crippen LogP contribution in [0, 0.1) is 11.8 Å². The maximum Gasteiger partial charge on any atom is 0.264 e. The normalized spacial score (nSPS) is 30.1. The predicted molar refractivity (Wildman–Crippen MR) is 183 cm³/mol. The summed E-state index contributed by atoms with van der Waals surface area (Å²) in [4.78, 5) is 20.2. The Hall–Kier alpha value is -2.96. The molecule has 0 saturated heterocycles. The average molecular weight is 698 g/mol. The van der Waals surface area contributed by atoms with Crippen LogP contribution in [0.4, 0.5) is 5.69 Å². The fourth-order valence-electron chi connectivity index (χ4n) is 7.97. The van der Waals surface area contributed by atoms with E-state index in [1.807, 2.05) is 18.2 Å². The molecule has 2 bridgehead atoms. The average Bonchev–Trinajstić information content (AvgIpc) is 3.54. The Bertz CT molecular complexity index is 1770. The highest BCUT2D eigenvalue weighted by Gasteiger charge is 2.45. The van der Waals surface area contributed by atoms with E-state index in [4.69, 9.17) is 21.1 Å². The molecule has 7 rings (SSSR count). The molecule has 12 heteroatoms. The van der Waals surface area contributed by atoms with Crippen molar-refractivity contribution in [2.24, 2.45) is 11.8 Å². The molecular formula is C35H40ClN3O6S2. The lowest BCUT2D eigenvalue weighted by molar-refractivity contribution is 0.0131. The number of fused-ring (bicyclic) bond motifs is 4. The lowest BCUT2D eigenvalue weighted by atomic mass is 9.68. The molecule has 1 spiro atoms. The van der Waals surface area contributed by atoms with E-state index < -0.39 is 27.3 Å². The first-order chi connectivity index (χ1) is 22.7. The van der Waals surface area contributed by atoms with E-state index in [1.165, 1.54) is 28.7 Å². The number of ether oxygens (including phenoxy) is 2. The van der Waals surface area contributed by atoms with Crippen LogP contribution in [0.25, 0.3) is 0 Å². The number of aliphatic hydroxyl groups excluding tert-OH is 1. The number of nitrogens with zero attached hydrogens (tertiary/aromatic N) is 2. The Labute approximate surface area is 285 Å². The number of thiazole rings is 1. The zero-order valence-corrected chi connectivity index (χ0v) is 28.7. The molecule has 4 aliphatic rings. The number of amides is 1. The van der Waals surface area contributed by atoms with Gasteiger partial charge in [0.05, 0.1) is 18.4 Å². The van der Waals surface area contributed by atoms with Crippen LogP contribution >= 0.6 is 22.9 Å². The number of carbonyl (C=O) groups is 1. The summed E-state index contributed by atoms with van der Waals surface area (Å²) in [6.45, 7) is 1.93. The highest BCUT2D eigenvalue weighted by Crippen LogP contribution is 2.47. The Kier molecular flexibility index (Phi) is 9.12. The summed E-state index contributed by atoms with van der Waals surface area (Å²) in [7, 11) is -2.59. The van der Waals surface area contributed by atoms with Crippen molar-refractivity contribution < 1.29 is 27.8 Å². The van der Waals surface area contributed by atoms with Crippen LogP contribution in [0.3, 0.4) is 0 Å². The molecule has 3 heterocycles. The summed E-state index contributed by atoms with van der Waals surface area (Å²) in [5, 5.41) is 12.6. The third kappa shape index (κ3) is 6.33. The minimum absolute atomic E-state index is 0.102. The number of aryl methyl sites for hydroxylation is 1. The number of aromatic nitrogens is 1. The molecule has 1 aromatic heterocycles. The van der Waals surface area contributed by atoms with Crippen LogP contribution < -0.4 is 14.4 Å². The quantitative estimate of drug-likeness (QED) is 0.329. The van der Waals surface area contributed by atoms with Gasteiger partial charge in [-0.2, -0.15) is 0 Å². The molecule has 3 aromatic rings. The van der Waals surface area contributed by atoms with Gasteiger partial charge in [-0.1, -0.05) is 29.8 Å². The number of nitrogens with one attached hydrogen (secondary N) is 1. The summed E-state index contributed by atoms with van der Waals surface area (Å²) >= 11 is 7.60. The van der Waals surface area contributed by atoms with Gasteiger partial charge in [0.25, 0.3) is 5.91 Å². The predicted octanol–water partition coefficient (Wildman–Crippen LogP) is 5.82. The van der Waals surface area contributed by atoms with Crippen LogP contribution in [0.2, 0.25) is 5.02 Å². The van der Waals surface area contributed by atoms with E-state index in [2.05, 4.69) is 26.7 Å². The molecule has 2 aliphatic carbocycles. The molecule has 0 radical (unpaired) electrons. The Morgan fingerprint density at radius 1 is 1.21 bits per heavy atom. The molecule has 47 heavy (non-hydrogen) atoms. The third-order valence-electron chi connectivity index (χ3n) is 10.6. The van der Waals surface area contributed by atoms with Crippen molar-refractivity contribution in [1.29, 1.82) is 0 Å². The lowest BCUT2D eigenvalue weighted by Gasteiger charge is -2.46. The second-order valence-corrected chi connectivity index (χ2v) is 16.6. The number of rotatable bonds is 3. The number of hydrogen-bond donors (Lipinski definition) is 2. The van der Waals surface area contributed by atoms with Gasteiger partial charge in [0.1, 0.15) is 22.1 Å². The first-order valence-electron chi connectivity index (χ1n) is 16.3. The van der Waals surface area contributed by atoms with Gasteiger partial charge in [0.2, 0.25) is 10.0 Å². The minimum Gasteiger partial charge on any atom is -0.490 e. The second kappa shape index (κ2) is 13.2. The number of benzene rings is 2. The highest BCUT2D eigenvalue weighted by molar-refractivity contribution is 7.90. The van der Waals surface area contributed by atoms with E-state index in [1.54, 1.807) is 30.7 Å². The van der Waals surface area contributed by atoms with Gasteiger partial charge in [0.15, 0.2) is 0 Å². The van der Waals surface area contributed by atoms with Gasteiger partial charge >= 0.3 is 0 Å². The van der Waals surface area contributed by atoms with E-state index in [9.17, 15) is 18.3 Å². The molecule has 250 valence electrons. The zero-order chi connectivity index (χ0) is 32.8. The molecule has 1 saturated carbocycles. The van der Waals surface area contributed by atoms with Gasteiger partial charge < -0.3 is 19.5 Å². The maximum absolute atomic E-state index is 13.7. The molecule has 2 aliphatic heterocycles. The van der Waals surface area contributed by atoms with Gasteiger partial charge in [-0.05, 0) is 98.2 Å². The lowest BCUT2D eigenvalue weighted by Crippen LogP contribution is -2.49. The number of halogens is 1. The summed E-state index contributed by atoms with van der Waals surface area (Å²) in [5.41, 5.74) is 3.21. The largest absolute Gasteiger partial charge is 0.490 e. The number of hydrogen-bond acceptors (Lipinski definition) is 9. The van der Waals surface area contributed by atoms with Crippen LogP contribution in [0.5, 0.6) is 5.75 Å². The summed E-state index contributed by atoms with van der Waals surface area (Å²) in [6.07, 6.45) is 9.49. The van der Waals surface area contributed by atoms with Crippen molar-refractivity contribution in [2.45, 2.75) is 67.8 Å². The standard InChI is InChI=1S/C35H40ClN3O6S2/c1-44-29-6-2-3-7-31(32(40)34-37-15-16-46-34)47(42,43)38-33(41)23-9-13-30-28(18-23)39(19-24-8-11-26(24)29)20-35(21-45-30)14-4-5-22-17-25(36)10-12-27(22)35/h2,6,9-10,12-13,15-18,24,26,29,31-32,40H,3-5,7-8,11,14,19-21H2,1H3,(H,38,41)/b6-2+/t24-,26+,29-,31-,32+,35-/m0/s1. The number of sulfonamides is 1. The van der Waals surface area contributed by atoms with E-state index >= 15 is 0 Å². The molecule has 2 aromatic carbocycles. The van der Waals surface area contributed by atoms with Crippen LogP contribution in [0.15, 0.2) is 60.1 Å². The number of anilines is 1. The topological polar surface area (TPSA) is 118 Å². The van der Waals surface area contributed by atoms with Crippen LogP contribution in [0.1, 0.15) is 71.1 Å². The van der Waals surface area contributed by atoms with Crippen LogP contribution in [-0.2, 0) is 26.6 Å². The SMILES string of the molecule is CO[C@H]1/C=C/CC[C@@H]([C@@H](O)c2nccs2)S(=O)(=O)NC(=O)c2ccc3c(c2)N(C[C@@H]2CC[C@H]21)C[C@@]1(CCCc2cc(Cl)ccc21)CO3. The van der Waals surface area contributed by atoms with Crippen molar-refractivity contribution in [1.82, 2.24) is 9.71 Å². The molecule has 0 unspecified atom stereocenters. The van der Waals surface area contributed by atoms with Crippen molar-refractivity contribution in [3.8, 4) is 5.75 Å². The fraction of sp³-hybridized carbons (Fsp3) is 0.486. The molecule has 1 fully saturated rings. The number of carbonyl (C=O) groups excluding carboxylic acids is 1. The number of aliphatic hydroxyl groups is 1. The van der Waals surface area contributed by atoms with Gasteiger partial charge in [0, 0.05) is 47.8 Å². The van der Waals surface area contributed by atoms with Gasteiger partial charge in [-0.3, -0.25) is 4.79 Å². The van der Waals surface area contributed by atoms with E-state index in [0.717, 1.165) is 49.4 Å². The maximum atomic E-state index is 13.7. The number of methoxy groups -OCH3 is 1. The van der Waals surface area contributed by atoms with E-state index in [-0.39, 0.29) is 34.4 Å². The first-order valence-corrected chi connectivity index (χ1v) is 19.1. The Morgan fingerprint density at radius 3 is 2.85 bits per heavy atom. The first kappa shape index (κ1) is 32.6. The smallest absolute Gasteiger partial charge is 0.264 e. The minimum atomic E-state index is -4.31. The zero-order valence-electron chi connectivity index (χ0n) is 26.3. The van der Waals surface area contributed by atoms with Crippen molar-refractivity contribution in [3.05, 3.63) is 86.8 Å². The Morgan fingerprint density at radius 2 is 2.09 bits per heavy atom. The molecule has 1 amide bonds. The van der Waals surface area contributed by atoms with Crippen molar-refractivity contribution in [3.63, 3.8) is 0 Å².